The van der Waals surface area contributed by atoms with Crippen molar-refractivity contribution in [2.24, 2.45) is 0 Å². The quantitative estimate of drug-likeness (QED) is 0.779. The summed E-state index contributed by atoms with van der Waals surface area (Å²) >= 11 is 0. The van der Waals surface area contributed by atoms with E-state index in [1.54, 1.807) is 0 Å². The Balaban J connectivity index is 1.82. The number of carbonyl (C=O) groups excluding carboxylic acids is 1. The molecule has 0 N–H and O–H groups in total. The van der Waals surface area contributed by atoms with Gasteiger partial charge >= 0.3 is 0 Å². The van der Waals surface area contributed by atoms with Gasteiger partial charge in [-0.1, -0.05) is 49.4 Å². The molecule has 0 spiro atoms. The number of anilines is 1. The number of ketones is 1. The van der Waals surface area contributed by atoms with E-state index in [0.717, 1.165) is 30.8 Å². The molecule has 1 atom stereocenters. The zero-order valence-corrected chi connectivity index (χ0v) is 12.5. The second-order valence-corrected chi connectivity index (χ2v) is 5.64. The van der Waals surface area contributed by atoms with Crippen LogP contribution in [0.25, 0.3) is 0 Å². The number of hydrogen-bond acceptors (Lipinski definition) is 2. The van der Waals surface area contributed by atoms with E-state index < -0.39 is 0 Å². The van der Waals surface area contributed by atoms with Gasteiger partial charge in [-0.15, -0.1) is 0 Å². The monoisotopic (exact) mass is 279 g/mol. The lowest BCUT2D eigenvalue weighted by molar-refractivity contribution is 0.0988. The molecule has 0 saturated carbocycles. The fourth-order valence-corrected chi connectivity index (χ4v) is 3.15. The van der Waals surface area contributed by atoms with Gasteiger partial charge < -0.3 is 4.90 Å². The topological polar surface area (TPSA) is 20.3 Å². The van der Waals surface area contributed by atoms with Crippen molar-refractivity contribution < 1.29 is 4.79 Å². The Kier molecular flexibility index (Phi) is 4.05. The summed E-state index contributed by atoms with van der Waals surface area (Å²) in [5.41, 5.74) is 3.37. The third-order valence-corrected chi connectivity index (χ3v) is 4.33. The van der Waals surface area contributed by atoms with Gasteiger partial charge in [-0.2, -0.15) is 0 Å². The van der Waals surface area contributed by atoms with Crippen molar-refractivity contribution in [2.45, 2.75) is 25.7 Å². The van der Waals surface area contributed by atoms with Crippen molar-refractivity contribution in [1.82, 2.24) is 0 Å². The Morgan fingerprint density at radius 3 is 2.57 bits per heavy atom. The Labute approximate surface area is 126 Å². The van der Waals surface area contributed by atoms with Crippen molar-refractivity contribution >= 4 is 11.5 Å². The normalized spacial score (nSPS) is 18.0. The van der Waals surface area contributed by atoms with Gasteiger partial charge in [-0.05, 0) is 24.1 Å². The van der Waals surface area contributed by atoms with E-state index in [-0.39, 0.29) is 5.78 Å². The Morgan fingerprint density at radius 2 is 1.81 bits per heavy atom. The van der Waals surface area contributed by atoms with Crippen LogP contribution < -0.4 is 4.90 Å². The van der Waals surface area contributed by atoms with Gasteiger partial charge in [0.2, 0.25) is 0 Å². The zero-order chi connectivity index (χ0) is 14.7. The molecule has 0 aromatic heterocycles. The van der Waals surface area contributed by atoms with Gasteiger partial charge in [-0.25, -0.2) is 0 Å². The van der Waals surface area contributed by atoms with Crippen LogP contribution in [0.1, 0.15) is 41.6 Å². The predicted octanol–water partition coefficient (Wildman–Crippen LogP) is 4.27. The first-order chi connectivity index (χ1) is 10.3. The molecule has 21 heavy (non-hydrogen) atoms. The smallest absolute Gasteiger partial charge is 0.164 e. The molecule has 2 aromatic carbocycles. The predicted molar refractivity (Wildman–Crippen MR) is 87.1 cm³/mol. The molecular weight excluding hydrogens is 258 g/mol. The maximum absolute atomic E-state index is 12.1. The highest BCUT2D eigenvalue weighted by atomic mass is 16.1. The fourth-order valence-electron chi connectivity index (χ4n) is 3.15. The minimum absolute atomic E-state index is 0.230. The van der Waals surface area contributed by atoms with E-state index in [1.807, 2.05) is 25.1 Å². The van der Waals surface area contributed by atoms with Crippen LogP contribution in [0, 0.1) is 0 Å². The average Bonchev–Trinajstić information content (AvgIpc) is 3.05. The first-order valence-electron chi connectivity index (χ1n) is 7.71. The molecule has 3 rings (SSSR count). The maximum atomic E-state index is 12.1. The molecule has 0 bridgehead atoms. The molecule has 108 valence electrons. The van der Waals surface area contributed by atoms with Crippen molar-refractivity contribution in [1.29, 1.82) is 0 Å². The number of carbonyl (C=O) groups is 1. The Hall–Kier alpha value is -2.09. The van der Waals surface area contributed by atoms with E-state index in [0.29, 0.717) is 12.3 Å². The minimum Gasteiger partial charge on any atom is -0.370 e. The zero-order valence-electron chi connectivity index (χ0n) is 12.5. The van der Waals surface area contributed by atoms with Crippen molar-refractivity contribution in [3.8, 4) is 0 Å². The molecule has 1 aliphatic heterocycles. The number of Topliss-reactive ketones (excluding diaryl/α,β-unsaturated/α-hetero) is 1. The van der Waals surface area contributed by atoms with Crippen LogP contribution in [0.5, 0.6) is 0 Å². The summed E-state index contributed by atoms with van der Waals surface area (Å²) < 4.78 is 0. The molecule has 0 radical (unpaired) electrons. The Bertz CT molecular complexity index is 620. The molecule has 1 fully saturated rings. The first kappa shape index (κ1) is 13.9. The van der Waals surface area contributed by atoms with Crippen molar-refractivity contribution in [3.05, 3.63) is 65.7 Å². The van der Waals surface area contributed by atoms with Gasteiger partial charge in [0, 0.05) is 36.7 Å². The van der Waals surface area contributed by atoms with E-state index >= 15 is 0 Å². The number of hydrogen-bond donors (Lipinski definition) is 0. The minimum atomic E-state index is 0.230. The molecule has 0 amide bonds. The summed E-state index contributed by atoms with van der Waals surface area (Å²) in [5.74, 6) is 0.796. The molecule has 0 aliphatic carbocycles. The second kappa shape index (κ2) is 6.13. The summed E-state index contributed by atoms with van der Waals surface area (Å²) in [4.78, 5) is 14.5. The third-order valence-electron chi connectivity index (χ3n) is 4.33. The third kappa shape index (κ3) is 2.85. The van der Waals surface area contributed by atoms with Crippen LogP contribution in [0.15, 0.2) is 54.6 Å². The number of para-hydroxylation sites is 1. The van der Waals surface area contributed by atoms with Crippen LogP contribution in [0.2, 0.25) is 0 Å². The van der Waals surface area contributed by atoms with Crippen LogP contribution in [-0.4, -0.2) is 18.9 Å². The summed E-state index contributed by atoms with van der Waals surface area (Å²) in [6.07, 6.45) is 1.71. The molecule has 1 unspecified atom stereocenters. The molecule has 1 aliphatic rings. The largest absolute Gasteiger partial charge is 0.370 e. The van der Waals surface area contributed by atoms with Crippen molar-refractivity contribution in [2.75, 3.05) is 18.0 Å². The lowest BCUT2D eigenvalue weighted by Crippen LogP contribution is -2.21. The van der Waals surface area contributed by atoms with Crippen LogP contribution in [-0.2, 0) is 0 Å². The summed E-state index contributed by atoms with van der Waals surface area (Å²) in [7, 11) is 0. The van der Waals surface area contributed by atoms with Crippen LogP contribution in [0.3, 0.4) is 0 Å². The Morgan fingerprint density at radius 1 is 1.10 bits per heavy atom. The number of nitrogens with zero attached hydrogens (tertiary/aromatic N) is 1. The van der Waals surface area contributed by atoms with Crippen LogP contribution >= 0.6 is 0 Å². The van der Waals surface area contributed by atoms with Gasteiger partial charge in [0.1, 0.15) is 0 Å². The van der Waals surface area contributed by atoms with Gasteiger partial charge in [0.15, 0.2) is 5.78 Å². The van der Waals surface area contributed by atoms with Crippen LogP contribution in [0.4, 0.5) is 5.69 Å². The molecule has 2 heteroatoms. The second-order valence-electron chi connectivity index (χ2n) is 5.64. The van der Waals surface area contributed by atoms with Gasteiger partial charge in [0.25, 0.3) is 0 Å². The van der Waals surface area contributed by atoms with Gasteiger partial charge in [0.05, 0.1) is 0 Å². The van der Waals surface area contributed by atoms with Crippen molar-refractivity contribution in [3.63, 3.8) is 0 Å². The highest BCUT2D eigenvalue weighted by Crippen LogP contribution is 2.32. The summed E-state index contributed by atoms with van der Waals surface area (Å²) in [6.45, 7) is 3.95. The molecule has 1 heterocycles. The highest BCUT2D eigenvalue weighted by molar-refractivity contribution is 6.01. The van der Waals surface area contributed by atoms with Gasteiger partial charge in [-0.3, -0.25) is 4.79 Å². The molecule has 2 aromatic rings. The first-order valence-corrected chi connectivity index (χ1v) is 7.71. The fraction of sp³-hybridized carbons (Fsp3) is 0.316. The van der Waals surface area contributed by atoms with E-state index in [1.165, 1.54) is 5.56 Å². The summed E-state index contributed by atoms with van der Waals surface area (Å²) in [5, 5.41) is 0. The average molecular weight is 279 g/mol. The van der Waals surface area contributed by atoms with E-state index in [2.05, 4.69) is 41.3 Å². The molecule has 2 nitrogen and oxygen atoms in total. The maximum Gasteiger partial charge on any atom is 0.164 e. The molecular formula is C19H21NO. The lowest BCUT2D eigenvalue weighted by atomic mass is 9.99. The standard InChI is InChI=1S/C19H21NO/c1-2-19(21)17-10-6-7-11-18(17)20-13-12-16(14-20)15-8-4-3-5-9-15/h3-11,16H,2,12-14H2,1H3. The summed E-state index contributed by atoms with van der Waals surface area (Å²) in [6, 6.07) is 18.7. The number of benzene rings is 2. The molecule has 1 saturated heterocycles. The SMILES string of the molecule is CCC(=O)c1ccccc1N1CCC(c2ccccc2)C1. The lowest BCUT2D eigenvalue weighted by Gasteiger charge is -2.21. The highest BCUT2D eigenvalue weighted by Gasteiger charge is 2.26. The van der Waals surface area contributed by atoms with E-state index in [4.69, 9.17) is 0 Å². The van der Waals surface area contributed by atoms with E-state index in [9.17, 15) is 4.79 Å². The number of rotatable bonds is 4.